The first-order chi connectivity index (χ1) is 11.7. The zero-order valence-electron chi connectivity index (χ0n) is 15.0. The summed E-state index contributed by atoms with van der Waals surface area (Å²) in [6, 6.07) is 5.58. The summed E-state index contributed by atoms with van der Waals surface area (Å²) in [6.07, 6.45) is 0. The predicted molar refractivity (Wildman–Crippen MR) is 94.5 cm³/mol. The fourth-order valence-electron chi connectivity index (χ4n) is 2.53. The van der Waals surface area contributed by atoms with Crippen LogP contribution in [0.25, 0.3) is 0 Å². The number of esters is 2. The van der Waals surface area contributed by atoms with Gasteiger partial charge < -0.3 is 19.1 Å². The van der Waals surface area contributed by atoms with Gasteiger partial charge in [-0.2, -0.15) is 0 Å². The number of ether oxygens (including phenoxy) is 3. The summed E-state index contributed by atoms with van der Waals surface area (Å²) in [7, 11) is 2.50. The number of benzene rings is 1. The highest BCUT2D eigenvalue weighted by atomic mass is 35.5. The van der Waals surface area contributed by atoms with E-state index in [0.29, 0.717) is 10.7 Å². The fourth-order valence-corrected chi connectivity index (χ4v) is 2.81. The summed E-state index contributed by atoms with van der Waals surface area (Å²) in [5, 5.41) is 0.448. The summed E-state index contributed by atoms with van der Waals surface area (Å²) >= 11 is 6.46. The largest absolute Gasteiger partial charge is 0.466 e. The summed E-state index contributed by atoms with van der Waals surface area (Å²) in [6.45, 7) is 6.28. The third kappa shape index (κ3) is 3.96. The van der Waals surface area contributed by atoms with Crippen molar-refractivity contribution in [1.82, 2.24) is 0 Å². The van der Waals surface area contributed by atoms with Gasteiger partial charge in [-0.1, -0.05) is 38.4 Å². The number of rotatable bonds is 3. The molecule has 0 atom stereocenters. The van der Waals surface area contributed by atoms with Gasteiger partial charge in [-0.05, 0) is 23.1 Å². The Kier molecular flexibility index (Phi) is 5.75. The second-order valence-electron chi connectivity index (χ2n) is 6.63. The van der Waals surface area contributed by atoms with Crippen molar-refractivity contribution in [3.05, 3.63) is 40.1 Å². The molecule has 1 aromatic rings. The Morgan fingerprint density at radius 2 is 1.80 bits per heavy atom. The average Bonchev–Trinajstić information content (AvgIpc) is 2.58. The normalized spacial score (nSPS) is 15.2. The van der Waals surface area contributed by atoms with Crippen molar-refractivity contribution in [2.24, 2.45) is 0 Å². The molecule has 1 aliphatic heterocycles. The van der Waals surface area contributed by atoms with Crippen molar-refractivity contribution in [2.75, 3.05) is 32.5 Å². The molecule has 0 saturated heterocycles. The van der Waals surface area contributed by atoms with Gasteiger partial charge in [-0.25, -0.2) is 9.59 Å². The molecule has 1 aromatic carbocycles. The fraction of sp³-hybridized carbons (Fsp3) is 0.444. The molecule has 0 unspecified atom stereocenters. The Morgan fingerprint density at radius 1 is 1.16 bits per heavy atom. The Bertz CT molecular complexity index is 721. The number of halogens is 1. The Hall–Kier alpha value is -2.05. The quantitative estimate of drug-likeness (QED) is 0.765. The zero-order valence-corrected chi connectivity index (χ0v) is 15.8. The molecule has 25 heavy (non-hydrogen) atoms. The van der Waals surface area contributed by atoms with Crippen LogP contribution in [0.4, 0.5) is 5.69 Å². The molecule has 0 aliphatic carbocycles. The summed E-state index contributed by atoms with van der Waals surface area (Å²) in [4.78, 5) is 25.8. The van der Waals surface area contributed by atoms with Crippen molar-refractivity contribution in [3.8, 4) is 0 Å². The van der Waals surface area contributed by atoms with Crippen molar-refractivity contribution in [3.63, 3.8) is 0 Å². The number of anilines is 1. The van der Waals surface area contributed by atoms with Gasteiger partial charge in [0.1, 0.15) is 12.4 Å². The van der Waals surface area contributed by atoms with E-state index in [-0.39, 0.29) is 30.0 Å². The molecule has 0 spiro atoms. The summed E-state index contributed by atoms with van der Waals surface area (Å²) in [5.74, 6) is -1.30. The maximum Gasteiger partial charge on any atom is 0.355 e. The first kappa shape index (κ1) is 19.3. The van der Waals surface area contributed by atoms with Crippen LogP contribution in [-0.4, -0.2) is 39.5 Å². The number of hydrogen-bond donors (Lipinski definition) is 0. The molecule has 7 heteroatoms. The molecule has 1 aliphatic rings. The van der Waals surface area contributed by atoms with Crippen LogP contribution in [0.2, 0.25) is 5.02 Å². The molecule has 0 N–H and O–H groups in total. The van der Waals surface area contributed by atoms with Crippen LogP contribution in [0.1, 0.15) is 26.3 Å². The molecule has 1 heterocycles. The second kappa shape index (κ2) is 7.45. The van der Waals surface area contributed by atoms with Gasteiger partial charge in [-0.15, -0.1) is 0 Å². The molecule has 6 nitrogen and oxygen atoms in total. The number of carbonyl (C=O) groups is 2. The lowest BCUT2D eigenvalue weighted by Crippen LogP contribution is -2.39. The number of methoxy groups -OCH3 is 2. The molecule has 0 aromatic heterocycles. The minimum Gasteiger partial charge on any atom is -0.466 e. The van der Waals surface area contributed by atoms with Gasteiger partial charge in [0.25, 0.3) is 0 Å². The van der Waals surface area contributed by atoms with Gasteiger partial charge in [0.2, 0.25) is 0 Å². The molecule has 0 saturated carbocycles. The first-order valence-electron chi connectivity index (χ1n) is 7.75. The first-order valence-corrected chi connectivity index (χ1v) is 8.13. The van der Waals surface area contributed by atoms with Crippen LogP contribution in [0.5, 0.6) is 0 Å². The van der Waals surface area contributed by atoms with Gasteiger partial charge in [0.15, 0.2) is 0 Å². The minimum atomic E-state index is -0.653. The topological polar surface area (TPSA) is 65.1 Å². The maximum absolute atomic E-state index is 12.3. The van der Waals surface area contributed by atoms with Crippen LogP contribution >= 0.6 is 11.6 Å². The predicted octanol–water partition coefficient (Wildman–Crippen LogP) is 3.03. The van der Waals surface area contributed by atoms with Crippen molar-refractivity contribution in [2.45, 2.75) is 26.2 Å². The smallest absolute Gasteiger partial charge is 0.355 e. The lowest BCUT2D eigenvalue weighted by molar-refractivity contribution is -0.140. The van der Waals surface area contributed by atoms with E-state index in [1.165, 1.54) is 19.1 Å². The molecule has 0 fully saturated rings. The standard InChI is InChI=1S/C18H22ClNO5/c1-18(2,3)11-6-7-14(13(19)8-11)20-10-25-9-12(16(21)23-4)15(20)17(22)24-5/h6-8H,9-10H2,1-5H3. The summed E-state index contributed by atoms with van der Waals surface area (Å²) in [5.41, 5.74) is 1.70. The highest BCUT2D eigenvalue weighted by molar-refractivity contribution is 6.33. The summed E-state index contributed by atoms with van der Waals surface area (Å²) < 4.78 is 15.0. The van der Waals surface area contributed by atoms with Crippen LogP contribution in [0, 0.1) is 0 Å². The molecule has 2 rings (SSSR count). The third-order valence-electron chi connectivity index (χ3n) is 3.94. The lowest BCUT2D eigenvalue weighted by Gasteiger charge is -2.32. The van der Waals surface area contributed by atoms with Crippen LogP contribution in [-0.2, 0) is 29.2 Å². The average molecular weight is 368 g/mol. The van der Waals surface area contributed by atoms with Crippen molar-refractivity contribution < 1.29 is 23.8 Å². The molecule has 0 radical (unpaired) electrons. The van der Waals surface area contributed by atoms with Gasteiger partial charge in [0, 0.05) is 0 Å². The minimum absolute atomic E-state index is 0.0364. The molecular weight excluding hydrogens is 346 g/mol. The molecule has 0 amide bonds. The van der Waals surface area contributed by atoms with Crippen LogP contribution in [0.3, 0.4) is 0 Å². The van der Waals surface area contributed by atoms with E-state index < -0.39 is 11.9 Å². The van der Waals surface area contributed by atoms with E-state index >= 15 is 0 Å². The van der Waals surface area contributed by atoms with E-state index in [9.17, 15) is 9.59 Å². The third-order valence-corrected chi connectivity index (χ3v) is 4.24. The van der Waals surface area contributed by atoms with Gasteiger partial charge >= 0.3 is 11.9 Å². The van der Waals surface area contributed by atoms with Crippen molar-refractivity contribution >= 4 is 29.2 Å². The van der Waals surface area contributed by atoms with Crippen molar-refractivity contribution in [1.29, 1.82) is 0 Å². The van der Waals surface area contributed by atoms with E-state index in [0.717, 1.165) is 5.56 Å². The number of carbonyl (C=O) groups excluding carboxylic acids is 2. The Balaban J connectivity index is 2.56. The Morgan fingerprint density at radius 3 is 2.32 bits per heavy atom. The van der Waals surface area contributed by atoms with E-state index in [2.05, 4.69) is 20.8 Å². The van der Waals surface area contributed by atoms with Crippen LogP contribution in [0.15, 0.2) is 29.5 Å². The monoisotopic (exact) mass is 367 g/mol. The Labute approximate surface area is 152 Å². The highest BCUT2D eigenvalue weighted by Gasteiger charge is 2.33. The molecule has 136 valence electrons. The van der Waals surface area contributed by atoms with E-state index in [4.69, 9.17) is 25.8 Å². The van der Waals surface area contributed by atoms with E-state index in [1.54, 1.807) is 6.07 Å². The zero-order chi connectivity index (χ0) is 18.8. The second-order valence-corrected chi connectivity index (χ2v) is 7.04. The lowest BCUT2D eigenvalue weighted by atomic mass is 9.87. The molecule has 0 bridgehead atoms. The SMILES string of the molecule is COC(=O)C1=C(C(=O)OC)N(c2ccc(C(C)(C)C)cc2Cl)COC1. The number of hydrogen-bond acceptors (Lipinski definition) is 6. The van der Waals surface area contributed by atoms with Crippen LogP contribution < -0.4 is 4.90 Å². The van der Waals surface area contributed by atoms with Gasteiger partial charge in [-0.3, -0.25) is 0 Å². The maximum atomic E-state index is 12.3. The van der Waals surface area contributed by atoms with E-state index in [1.807, 2.05) is 12.1 Å². The number of nitrogens with zero attached hydrogens (tertiary/aromatic N) is 1. The van der Waals surface area contributed by atoms with Gasteiger partial charge in [0.05, 0.1) is 37.1 Å². The highest BCUT2D eigenvalue weighted by Crippen LogP contribution is 2.35. The molecular formula is C18H22ClNO5.